The molecule has 117 valence electrons. The maximum absolute atomic E-state index is 9.09. The fourth-order valence-electron chi connectivity index (χ4n) is 2.31. The molecule has 22 heavy (non-hydrogen) atoms. The van der Waals surface area contributed by atoms with Crippen molar-refractivity contribution < 1.29 is 47.3 Å². The number of fused-ring (bicyclic) bond motifs is 1. The molecule has 0 aromatic carbocycles. The average Bonchev–Trinajstić information content (AvgIpc) is 2.93. The van der Waals surface area contributed by atoms with Crippen molar-refractivity contribution in [3.8, 4) is 0 Å². The summed E-state index contributed by atoms with van der Waals surface area (Å²) in [5.41, 5.74) is 1.11. The number of hydrogen-bond acceptors (Lipinski definition) is 6. The van der Waals surface area contributed by atoms with Crippen LogP contribution in [-0.2, 0) is 42.2 Å². The van der Waals surface area contributed by atoms with E-state index in [1.54, 1.807) is 23.9 Å². The molecule has 7 nitrogen and oxygen atoms in total. The van der Waals surface area contributed by atoms with Gasteiger partial charge in [-0.15, -0.1) is 0 Å². The van der Waals surface area contributed by atoms with Gasteiger partial charge in [0.25, 0.3) is 0 Å². The van der Waals surface area contributed by atoms with Crippen LogP contribution in [0.15, 0.2) is 12.7 Å². The van der Waals surface area contributed by atoms with Crippen molar-refractivity contribution in [1.29, 1.82) is 0 Å². The van der Waals surface area contributed by atoms with Crippen LogP contribution in [0.3, 0.4) is 0 Å². The largest absolute Gasteiger partial charge is 0.451 e. The molecule has 0 aliphatic carbocycles. The molecule has 0 spiro atoms. The van der Waals surface area contributed by atoms with Crippen LogP contribution in [0.5, 0.6) is 0 Å². The molecule has 1 aliphatic rings. The second-order valence-electron chi connectivity index (χ2n) is 5.12. The first-order chi connectivity index (χ1) is 10.00. The predicted molar refractivity (Wildman–Crippen MR) is 75.2 cm³/mol. The zero-order valence-corrected chi connectivity index (χ0v) is 15.8. The number of aromatic nitrogens is 4. The van der Waals surface area contributed by atoms with E-state index in [0.717, 1.165) is 0 Å². The van der Waals surface area contributed by atoms with Crippen molar-refractivity contribution in [2.45, 2.75) is 31.8 Å². The molecule has 3 rings (SSSR count). The Bertz CT molecular complexity index is 651. The van der Waals surface area contributed by atoms with Gasteiger partial charge in [-0.05, 0) is 26.3 Å². The van der Waals surface area contributed by atoms with Crippen LogP contribution in [0.25, 0.3) is 11.2 Å². The minimum Gasteiger partial charge on any atom is -0.451 e. The topological polar surface area (TPSA) is 82.3 Å². The Hall–Kier alpha value is -0.306. The van der Waals surface area contributed by atoms with Crippen molar-refractivity contribution in [1.82, 2.24) is 19.5 Å². The molecule has 0 amide bonds. The molecule has 0 bridgehead atoms. The summed E-state index contributed by atoms with van der Waals surface area (Å²) in [4.78, 5) is 12.2. The molecule has 1 saturated heterocycles. The minimum atomic E-state index is -0.722. The minimum absolute atomic E-state index is 0. The Morgan fingerprint density at radius 2 is 2.05 bits per heavy atom. The number of aliphatic hydroxyl groups is 1. The fraction of sp³-hybridized carbons (Fsp3) is 0.462. The summed E-state index contributed by atoms with van der Waals surface area (Å²) in [7, 11) is 0. The predicted octanol–water partition coefficient (Wildman–Crippen LogP) is 1.20. The number of imidazole rings is 1. The van der Waals surface area contributed by atoms with E-state index in [9.17, 15) is 0 Å². The molecule has 1 radical (unpaired) electrons. The van der Waals surface area contributed by atoms with Gasteiger partial charge in [0.2, 0.25) is 0 Å². The molecule has 0 saturated carbocycles. The molecule has 1 N–H and O–H groups in total. The molecule has 9 heteroatoms. The van der Waals surface area contributed by atoms with Crippen molar-refractivity contribution >= 4 is 22.8 Å². The van der Waals surface area contributed by atoms with Crippen molar-refractivity contribution in [3.05, 3.63) is 30.8 Å². The number of rotatable bonds is 4. The summed E-state index contributed by atoms with van der Waals surface area (Å²) < 4.78 is 13.3. The fourth-order valence-corrected chi connectivity index (χ4v) is 2.49. The number of aliphatic hydroxyl groups excluding tert-OH is 1. The van der Waals surface area contributed by atoms with E-state index in [2.05, 4.69) is 15.0 Å². The molecule has 2 aromatic rings. The molecular formula is C13H15ClN4O3Y-2. The first kappa shape index (κ1) is 18.0. The Morgan fingerprint density at radius 1 is 1.32 bits per heavy atom. The van der Waals surface area contributed by atoms with Gasteiger partial charge < -0.3 is 24.1 Å². The molecule has 3 heterocycles. The van der Waals surface area contributed by atoms with Crippen LogP contribution in [-0.4, -0.2) is 49.2 Å². The summed E-state index contributed by atoms with van der Waals surface area (Å²) in [6.45, 7) is 5.35. The Balaban J connectivity index is 0.00000176. The first-order valence-corrected chi connectivity index (χ1v) is 6.86. The average molecular weight is 400 g/mol. The molecule has 2 atom stereocenters. The zero-order chi connectivity index (χ0) is 15.0. The Labute approximate surface area is 158 Å². The quantitative estimate of drug-likeness (QED) is 0.615. The maximum atomic E-state index is 9.09. The van der Waals surface area contributed by atoms with Gasteiger partial charge >= 0.3 is 0 Å². The standard InChI is InChI=1S/C13H15ClN4O3.Y/c1-13(2)20-8(3-4-19)9(21-13)5-18-7-17-10-11(14)15-6-16-12(10)18;/h3,5-9,19H,4H2,1-2H3;/q-2;/t8-,9+;/m1./s1. The van der Waals surface area contributed by atoms with E-state index >= 15 is 0 Å². The zero-order valence-electron chi connectivity index (χ0n) is 12.2. The van der Waals surface area contributed by atoms with Crippen LogP contribution >= 0.6 is 11.6 Å². The van der Waals surface area contributed by atoms with Crippen LogP contribution in [0.1, 0.15) is 13.8 Å². The molecule has 1 aliphatic heterocycles. The van der Waals surface area contributed by atoms with Gasteiger partial charge in [-0.2, -0.15) is 0 Å². The second-order valence-corrected chi connectivity index (χ2v) is 5.48. The van der Waals surface area contributed by atoms with Gasteiger partial charge in [0.05, 0.1) is 11.2 Å². The van der Waals surface area contributed by atoms with E-state index < -0.39 is 5.79 Å². The summed E-state index contributed by atoms with van der Waals surface area (Å²) >= 11 is 5.97. The van der Waals surface area contributed by atoms with Crippen molar-refractivity contribution in [2.24, 2.45) is 0 Å². The third-order valence-electron chi connectivity index (χ3n) is 3.12. The van der Waals surface area contributed by atoms with Crippen molar-refractivity contribution in [2.75, 3.05) is 6.61 Å². The molecule has 2 aromatic heterocycles. The summed E-state index contributed by atoms with van der Waals surface area (Å²) in [6.07, 6.45) is 3.91. The molecule has 1 fully saturated rings. The van der Waals surface area contributed by atoms with Gasteiger partial charge in [-0.3, -0.25) is 11.4 Å². The normalized spacial score (nSPS) is 23.5. The van der Waals surface area contributed by atoms with E-state index in [-0.39, 0.29) is 51.5 Å². The van der Waals surface area contributed by atoms with E-state index in [1.807, 2.05) is 13.8 Å². The summed E-state index contributed by atoms with van der Waals surface area (Å²) in [5.74, 6) is -0.722. The molecular weight excluding hydrogens is 385 g/mol. The summed E-state index contributed by atoms with van der Waals surface area (Å²) in [5, 5.41) is 9.39. The Morgan fingerprint density at radius 3 is 2.77 bits per heavy atom. The monoisotopic (exact) mass is 399 g/mol. The van der Waals surface area contributed by atoms with Gasteiger partial charge in [0.15, 0.2) is 5.79 Å². The van der Waals surface area contributed by atoms with Crippen LogP contribution in [0, 0.1) is 13.0 Å². The van der Waals surface area contributed by atoms with E-state index in [1.165, 1.54) is 6.33 Å². The van der Waals surface area contributed by atoms with E-state index in [4.69, 9.17) is 26.2 Å². The SMILES string of the molecule is CC1(C)O[C@@H]([CH-]n2cnc3c(Cl)ncnc32)[C@@H]([CH-]CO)O1.[Y]. The van der Waals surface area contributed by atoms with Gasteiger partial charge in [0.1, 0.15) is 11.5 Å². The third-order valence-corrected chi connectivity index (χ3v) is 3.40. The third kappa shape index (κ3) is 3.60. The van der Waals surface area contributed by atoms with Crippen LogP contribution in [0.4, 0.5) is 0 Å². The Kier molecular flexibility index (Phi) is 5.80. The number of hydrogen-bond donors (Lipinski definition) is 1. The van der Waals surface area contributed by atoms with Gasteiger partial charge in [-0.1, -0.05) is 24.8 Å². The van der Waals surface area contributed by atoms with Crippen LogP contribution < -0.4 is 0 Å². The maximum Gasteiger partial charge on any atom is 0.159 e. The number of halogens is 1. The smallest absolute Gasteiger partial charge is 0.159 e. The second kappa shape index (κ2) is 7.07. The van der Waals surface area contributed by atoms with Gasteiger partial charge in [-0.25, -0.2) is 4.98 Å². The molecule has 0 unspecified atom stereocenters. The van der Waals surface area contributed by atoms with Crippen LogP contribution in [0.2, 0.25) is 5.15 Å². The number of ether oxygens (including phenoxy) is 2. The van der Waals surface area contributed by atoms with E-state index in [0.29, 0.717) is 16.3 Å². The summed E-state index contributed by atoms with van der Waals surface area (Å²) in [6, 6.07) is 0. The number of nitrogens with zero attached hydrogens (tertiary/aromatic N) is 4. The van der Waals surface area contributed by atoms with Gasteiger partial charge in [0, 0.05) is 38.8 Å². The first-order valence-electron chi connectivity index (χ1n) is 6.48. The van der Waals surface area contributed by atoms with Crippen molar-refractivity contribution in [3.63, 3.8) is 0 Å².